The number of carboxylic acids is 2. The zero-order valence-corrected chi connectivity index (χ0v) is 12.2. The summed E-state index contributed by atoms with van der Waals surface area (Å²) < 4.78 is 0. The van der Waals surface area contributed by atoms with Crippen LogP contribution >= 0.6 is 0 Å². The summed E-state index contributed by atoms with van der Waals surface area (Å²) in [5.41, 5.74) is 2.32. The largest absolute Gasteiger partial charge is 0.478 e. The molecule has 0 radical (unpaired) electrons. The van der Waals surface area contributed by atoms with Crippen LogP contribution in [0.4, 0.5) is 0 Å². The van der Waals surface area contributed by atoms with Crippen molar-refractivity contribution in [3.63, 3.8) is 0 Å². The fraction of sp³-hybridized carbons (Fsp3) is 0.167. The summed E-state index contributed by atoms with van der Waals surface area (Å²) in [6.45, 7) is 0. The maximum Gasteiger partial charge on any atom is 0.336 e. The Labute approximate surface area is 132 Å². The topological polar surface area (TPSA) is 91.7 Å². The summed E-state index contributed by atoms with van der Waals surface area (Å²) in [5, 5.41) is 18.2. The van der Waals surface area contributed by atoms with Gasteiger partial charge in [-0.2, -0.15) is 0 Å². The van der Waals surface area contributed by atoms with Gasteiger partial charge in [0, 0.05) is 11.1 Å². The van der Waals surface area contributed by atoms with E-state index >= 15 is 0 Å². The molecule has 3 rings (SSSR count). The second kappa shape index (κ2) is 5.68. The molecule has 0 atom stereocenters. The molecule has 1 aliphatic rings. The first-order valence-electron chi connectivity index (χ1n) is 7.24. The van der Waals surface area contributed by atoms with E-state index in [1.807, 2.05) is 6.07 Å². The molecule has 2 aromatic carbocycles. The highest BCUT2D eigenvalue weighted by molar-refractivity contribution is 6.15. The maximum absolute atomic E-state index is 12.6. The quantitative estimate of drug-likeness (QED) is 0.847. The number of hydrogen-bond donors (Lipinski definition) is 2. The van der Waals surface area contributed by atoms with Crippen LogP contribution in [-0.2, 0) is 12.8 Å². The molecule has 0 unspecified atom stereocenters. The lowest BCUT2D eigenvalue weighted by atomic mass is 9.94. The van der Waals surface area contributed by atoms with Gasteiger partial charge in [0.2, 0.25) is 0 Å². The molecule has 0 spiro atoms. The van der Waals surface area contributed by atoms with Crippen molar-refractivity contribution in [2.24, 2.45) is 0 Å². The number of fused-ring (bicyclic) bond motifs is 1. The minimum atomic E-state index is -1.32. The van der Waals surface area contributed by atoms with Crippen LogP contribution in [0.5, 0.6) is 0 Å². The third kappa shape index (κ3) is 2.73. The first kappa shape index (κ1) is 15.0. The number of carbonyl (C=O) groups is 3. The van der Waals surface area contributed by atoms with Crippen molar-refractivity contribution in [3.05, 3.63) is 69.8 Å². The second-order valence-corrected chi connectivity index (χ2v) is 5.54. The molecule has 2 aromatic rings. The van der Waals surface area contributed by atoms with Gasteiger partial charge in [0.25, 0.3) is 0 Å². The van der Waals surface area contributed by atoms with E-state index in [1.54, 1.807) is 12.1 Å². The third-order valence-corrected chi connectivity index (χ3v) is 4.10. The van der Waals surface area contributed by atoms with E-state index in [2.05, 4.69) is 0 Å². The Balaban J connectivity index is 2.05. The fourth-order valence-corrected chi connectivity index (χ4v) is 2.92. The van der Waals surface area contributed by atoms with Crippen molar-refractivity contribution >= 4 is 17.7 Å². The lowest BCUT2D eigenvalue weighted by Crippen LogP contribution is -2.12. The molecule has 0 saturated heterocycles. The first-order valence-corrected chi connectivity index (χ1v) is 7.24. The van der Waals surface area contributed by atoms with E-state index in [4.69, 9.17) is 5.11 Å². The molecule has 1 aliphatic carbocycles. The van der Waals surface area contributed by atoms with Crippen molar-refractivity contribution in [2.45, 2.75) is 19.3 Å². The summed E-state index contributed by atoms with van der Waals surface area (Å²) in [4.78, 5) is 35.0. The second-order valence-electron chi connectivity index (χ2n) is 5.54. The lowest BCUT2D eigenvalue weighted by Gasteiger charge is -2.08. The number of benzene rings is 2. The highest BCUT2D eigenvalue weighted by Gasteiger charge is 2.21. The van der Waals surface area contributed by atoms with E-state index in [-0.39, 0.29) is 16.7 Å². The van der Waals surface area contributed by atoms with Crippen LogP contribution in [-0.4, -0.2) is 27.9 Å². The summed E-state index contributed by atoms with van der Waals surface area (Å²) in [7, 11) is 0. The summed E-state index contributed by atoms with van der Waals surface area (Å²) in [6.07, 6.45) is 2.97. The van der Waals surface area contributed by atoms with Gasteiger partial charge >= 0.3 is 11.9 Å². The zero-order valence-electron chi connectivity index (χ0n) is 12.2. The van der Waals surface area contributed by atoms with Gasteiger partial charge in [0.05, 0.1) is 11.1 Å². The third-order valence-electron chi connectivity index (χ3n) is 4.10. The highest BCUT2D eigenvalue weighted by Crippen LogP contribution is 2.25. The number of carbonyl (C=O) groups excluding carboxylic acids is 1. The van der Waals surface area contributed by atoms with Crippen LogP contribution < -0.4 is 0 Å². The minimum absolute atomic E-state index is 0.000414. The molecule has 0 amide bonds. The zero-order chi connectivity index (χ0) is 16.6. The Morgan fingerprint density at radius 3 is 2.13 bits per heavy atom. The van der Waals surface area contributed by atoms with Gasteiger partial charge in [0.1, 0.15) is 0 Å². The Kier molecular flexibility index (Phi) is 3.70. The number of hydrogen-bond acceptors (Lipinski definition) is 3. The molecule has 5 nitrogen and oxygen atoms in total. The van der Waals surface area contributed by atoms with Gasteiger partial charge in [-0.25, -0.2) is 9.59 Å². The van der Waals surface area contributed by atoms with Gasteiger partial charge in [-0.1, -0.05) is 12.1 Å². The molecule has 5 heteroatoms. The number of aromatic carboxylic acids is 2. The average Bonchev–Trinajstić information content (AvgIpc) is 3.00. The van der Waals surface area contributed by atoms with Crippen molar-refractivity contribution in [1.29, 1.82) is 0 Å². The van der Waals surface area contributed by atoms with Crippen LogP contribution in [0.1, 0.15) is 54.2 Å². The Morgan fingerprint density at radius 2 is 1.43 bits per heavy atom. The molecule has 2 N–H and O–H groups in total. The van der Waals surface area contributed by atoms with Crippen molar-refractivity contribution in [1.82, 2.24) is 0 Å². The molecule has 0 aromatic heterocycles. The van der Waals surface area contributed by atoms with Crippen molar-refractivity contribution < 1.29 is 24.6 Å². The number of ketones is 1. The molecule has 0 aliphatic heterocycles. The van der Waals surface area contributed by atoms with Crippen LogP contribution in [0, 0.1) is 0 Å². The van der Waals surface area contributed by atoms with Crippen LogP contribution in [0.25, 0.3) is 0 Å². The number of aryl methyl sites for hydroxylation is 2. The SMILES string of the molecule is O=C(O)c1ccc(C(=O)c2ccc3c(c2)CCC3)c(C(=O)O)c1. The van der Waals surface area contributed by atoms with Gasteiger partial charge < -0.3 is 10.2 Å². The van der Waals surface area contributed by atoms with Gasteiger partial charge in [-0.15, -0.1) is 0 Å². The van der Waals surface area contributed by atoms with E-state index < -0.39 is 17.7 Å². The molecule has 0 saturated carbocycles. The fourth-order valence-electron chi connectivity index (χ4n) is 2.92. The normalized spacial score (nSPS) is 12.7. The van der Waals surface area contributed by atoms with Crippen LogP contribution in [0.3, 0.4) is 0 Å². The monoisotopic (exact) mass is 310 g/mol. The van der Waals surface area contributed by atoms with E-state index in [9.17, 15) is 19.5 Å². The predicted octanol–water partition coefficient (Wildman–Crippen LogP) is 2.80. The Hall–Kier alpha value is -2.95. The molecular formula is C18H14O5. The summed E-state index contributed by atoms with van der Waals surface area (Å²) in [5.74, 6) is -2.96. The van der Waals surface area contributed by atoms with E-state index in [0.29, 0.717) is 5.56 Å². The summed E-state index contributed by atoms with van der Waals surface area (Å²) in [6, 6.07) is 8.94. The Morgan fingerprint density at radius 1 is 0.739 bits per heavy atom. The first-order chi connectivity index (χ1) is 11.0. The standard InChI is InChI=1S/C18H14O5/c19-16(12-5-4-10-2-1-3-11(10)8-12)14-7-6-13(17(20)21)9-15(14)18(22)23/h4-9H,1-3H2,(H,20,21)(H,22,23). The average molecular weight is 310 g/mol. The van der Waals surface area contributed by atoms with E-state index in [0.717, 1.165) is 30.9 Å². The number of rotatable bonds is 4. The van der Waals surface area contributed by atoms with Crippen molar-refractivity contribution in [2.75, 3.05) is 0 Å². The van der Waals surface area contributed by atoms with Gasteiger partial charge in [0.15, 0.2) is 5.78 Å². The van der Waals surface area contributed by atoms with Gasteiger partial charge in [-0.3, -0.25) is 4.79 Å². The summed E-state index contributed by atoms with van der Waals surface area (Å²) >= 11 is 0. The molecule has 0 bridgehead atoms. The van der Waals surface area contributed by atoms with E-state index in [1.165, 1.54) is 17.7 Å². The minimum Gasteiger partial charge on any atom is -0.478 e. The molecule has 116 valence electrons. The van der Waals surface area contributed by atoms with Gasteiger partial charge in [-0.05, 0) is 54.7 Å². The molecular weight excluding hydrogens is 296 g/mol. The van der Waals surface area contributed by atoms with Crippen LogP contribution in [0.15, 0.2) is 36.4 Å². The Bertz CT molecular complexity index is 835. The smallest absolute Gasteiger partial charge is 0.336 e. The van der Waals surface area contributed by atoms with Crippen molar-refractivity contribution in [3.8, 4) is 0 Å². The lowest BCUT2D eigenvalue weighted by molar-refractivity contribution is 0.0692. The molecule has 23 heavy (non-hydrogen) atoms. The number of carboxylic acid groups (broad SMARTS) is 2. The predicted molar refractivity (Wildman–Crippen MR) is 82.3 cm³/mol. The van der Waals surface area contributed by atoms with Crippen LogP contribution in [0.2, 0.25) is 0 Å². The highest BCUT2D eigenvalue weighted by atomic mass is 16.4. The molecule has 0 fully saturated rings. The maximum atomic E-state index is 12.6. The molecule has 0 heterocycles.